The first kappa shape index (κ1) is 19.7. The number of benzene rings is 2. The molecule has 0 aliphatic carbocycles. The maximum atomic E-state index is 11.3. The van der Waals surface area contributed by atoms with Crippen molar-refractivity contribution >= 4 is 40.3 Å². The number of para-hydroxylation sites is 1. The molecule has 0 aliphatic rings. The van der Waals surface area contributed by atoms with Crippen LogP contribution in [0.3, 0.4) is 0 Å². The second-order valence-corrected chi connectivity index (χ2v) is 5.57. The van der Waals surface area contributed by atoms with Crippen molar-refractivity contribution in [3.05, 3.63) is 59.1 Å². The van der Waals surface area contributed by atoms with Crippen LogP contribution in [0.1, 0.15) is 17.3 Å². The molecule has 0 bridgehead atoms. The Morgan fingerprint density at radius 2 is 2.00 bits per heavy atom. The number of aromatic nitrogens is 1. The van der Waals surface area contributed by atoms with Gasteiger partial charge < -0.3 is 15.3 Å². The van der Waals surface area contributed by atoms with Gasteiger partial charge in [0.2, 0.25) is 0 Å². The average molecular weight is 374 g/mol. The van der Waals surface area contributed by atoms with E-state index in [2.05, 4.69) is 20.6 Å². The number of aldehydes is 1. The number of hydrogen-bond donors (Lipinski definition) is 3. The first-order chi connectivity index (χ1) is 12.6. The molecule has 0 atom stereocenters. The molecule has 0 aliphatic heterocycles. The predicted molar refractivity (Wildman–Crippen MR) is 104 cm³/mol. The van der Waals surface area contributed by atoms with E-state index >= 15 is 0 Å². The molecule has 0 saturated heterocycles. The third kappa shape index (κ3) is 5.16. The minimum atomic E-state index is 0.123. The summed E-state index contributed by atoms with van der Waals surface area (Å²) >= 11 is 6.09. The zero-order chi connectivity index (χ0) is 18.9. The van der Waals surface area contributed by atoms with Gasteiger partial charge in [-0.05, 0) is 37.3 Å². The van der Waals surface area contributed by atoms with E-state index in [0.717, 1.165) is 18.3 Å². The number of phenolic OH excluding ortho intramolecular Hbond substituents is 1. The zero-order valence-electron chi connectivity index (χ0n) is 14.5. The number of carbonyl (C=O) groups is 1. The smallest absolute Gasteiger partial charge is 0.153 e. The number of nitrogens with one attached hydrogen (secondary N) is 2. The predicted octanol–water partition coefficient (Wildman–Crippen LogP) is 4.31. The maximum Gasteiger partial charge on any atom is 0.153 e. The van der Waals surface area contributed by atoms with Crippen LogP contribution in [0.15, 0.2) is 48.5 Å². The summed E-state index contributed by atoms with van der Waals surface area (Å²) in [5.74, 6) is 0.522. The highest BCUT2D eigenvalue weighted by atomic mass is 35.5. The molecule has 7 heteroatoms. The number of halogens is 1. The maximum absolute atomic E-state index is 11.3. The molecule has 26 heavy (non-hydrogen) atoms. The van der Waals surface area contributed by atoms with Crippen molar-refractivity contribution in [3.63, 3.8) is 0 Å². The quantitative estimate of drug-likeness (QED) is 0.456. The third-order valence-electron chi connectivity index (χ3n) is 3.37. The van der Waals surface area contributed by atoms with Gasteiger partial charge in [0, 0.05) is 18.5 Å². The largest absolute Gasteiger partial charge is 0.508 e. The Labute approximate surface area is 156 Å². The van der Waals surface area contributed by atoms with Crippen molar-refractivity contribution in [2.75, 3.05) is 19.0 Å². The van der Waals surface area contributed by atoms with Gasteiger partial charge in [-0.3, -0.25) is 4.79 Å². The van der Waals surface area contributed by atoms with Crippen LogP contribution in [0.2, 0.25) is 5.02 Å². The summed E-state index contributed by atoms with van der Waals surface area (Å²) in [4.78, 5) is 20.2. The Morgan fingerprint density at radius 3 is 2.62 bits per heavy atom. The van der Waals surface area contributed by atoms with Crippen LogP contribution in [0, 0.1) is 0 Å². The number of phenols is 1. The van der Waals surface area contributed by atoms with Crippen LogP contribution in [0.4, 0.5) is 11.5 Å². The van der Waals surface area contributed by atoms with Crippen molar-refractivity contribution in [2.45, 2.75) is 6.92 Å². The van der Waals surface area contributed by atoms with E-state index in [1.807, 2.05) is 19.1 Å². The van der Waals surface area contributed by atoms with Crippen molar-refractivity contribution in [1.29, 1.82) is 0 Å². The highest BCUT2D eigenvalue weighted by molar-refractivity contribution is 6.33. The minimum absolute atomic E-state index is 0.123. The van der Waals surface area contributed by atoms with Crippen LogP contribution >= 0.6 is 11.6 Å². The fourth-order valence-electron chi connectivity index (χ4n) is 2.20. The normalized spacial score (nSPS) is 10.1. The molecule has 3 rings (SSSR count). The lowest BCUT2D eigenvalue weighted by molar-refractivity contribution is 0.0687. The van der Waals surface area contributed by atoms with Gasteiger partial charge in [-0.15, -0.1) is 0 Å². The first-order valence-corrected chi connectivity index (χ1v) is 8.35. The first-order valence-electron chi connectivity index (χ1n) is 7.98. The van der Waals surface area contributed by atoms with Gasteiger partial charge in [-0.2, -0.15) is 0 Å². The minimum Gasteiger partial charge on any atom is -0.508 e. The summed E-state index contributed by atoms with van der Waals surface area (Å²) in [6.45, 7) is 2.66. The fourth-order valence-corrected chi connectivity index (χ4v) is 2.38. The number of rotatable bonds is 5. The molecule has 0 saturated carbocycles. The molecule has 0 amide bonds. The number of aromatic hydroxyl groups is 1. The van der Waals surface area contributed by atoms with E-state index in [1.54, 1.807) is 43.4 Å². The number of hydrogen-bond acceptors (Lipinski definition) is 6. The Hall–Kier alpha value is -2.67. The molecule has 3 N–H and O–H groups in total. The molecular weight excluding hydrogens is 354 g/mol. The molecule has 0 unspecified atom stereocenters. The molecule has 3 aromatic rings. The third-order valence-corrected chi connectivity index (χ3v) is 3.70. The zero-order valence-corrected chi connectivity index (χ0v) is 15.2. The molecule has 6 nitrogen and oxygen atoms in total. The van der Waals surface area contributed by atoms with Gasteiger partial charge in [0.25, 0.3) is 0 Å². The van der Waals surface area contributed by atoms with Crippen molar-refractivity contribution < 1.29 is 14.7 Å². The van der Waals surface area contributed by atoms with Gasteiger partial charge in [-0.25, -0.2) is 10.5 Å². The van der Waals surface area contributed by atoms with Crippen LogP contribution in [-0.4, -0.2) is 30.0 Å². The second kappa shape index (κ2) is 9.72. The monoisotopic (exact) mass is 373 g/mol. The molecule has 1 heterocycles. The van der Waals surface area contributed by atoms with Gasteiger partial charge in [0.05, 0.1) is 28.4 Å². The number of carbonyl (C=O) groups excluding carboxylic acids is 1. The van der Waals surface area contributed by atoms with Gasteiger partial charge in [-0.1, -0.05) is 23.7 Å². The lowest BCUT2D eigenvalue weighted by atomic mass is 10.1. The number of fused-ring (bicyclic) bond motifs is 1. The highest BCUT2D eigenvalue weighted by Crippen LogP contribution is 2.28. The summed E-state index contributed by atoms with van der Waals surface area (Å²) < 4.78 is 0. The molecule has 0 radical (unpaired) electrons. The number of pyridine rings is 1. The van der Waals surface area contributed by atoms with E-state index in [-0.39, 0.29) is 5.75 Å². The van der Waals surface area contributed by atoms with E-state index in [4.69, 9.17) is 11.6 Å². The molecule has 1 aromatic heterocycles. The summed E-state index contributed by atoms with van der Waals surface area (Å²) in [6.07, 6.45) is 0.735. The number of anilines is 2. The Morgan fingerprint density at radius 1 is 1.23 bits per heavy atom. The standard InChI is InChI=1S/C16H11ClN2O2.C3H9NO/c17-13-3-1-2-4-14(13)18-16-11(9-20)7-10-5-6-12(21)8-15(10)19-16;1-3-5-4-2/h1-9,21H,(H,18,19);4H,3H2,1-2H3. The molecule has 0 fully saturated rings. The lowest BCUT2D eigenvalue weighted by Crippen LogP contribution is -2.05. The average Bonchev–Trinajstić information content (AvgIpc) is 2.64. The van der Waals surface area contributed by atoms with Crippen molar-refractivity contribution in [1.82, 2.24) is 10.5 Å². The summed E-state index contributed by atoms with van der Waals surface area (Å²) in [7, 11) is 1.74. The van der Waals surface area contributed by atoms with E-state index in [0.29, 0.717) is 27.6 Å². The lowest BCUT2D eigenvalue weighted by Gasteiger charge is -2.10. The van der Waals surface area contributed by atoms with Crippen LogP contribution in [0.5, 0.6) is 5.75 Å². The summed E-state index contributed by atoms with van der Waals surface area (Å²) in [5, 5.41) is 13.9. The SMILES string of the molecule is CCONC.O=Cc1cc2ccc(O)cc2nc1Nc1ccccc1Cl. The van der Waals surface area contributed by atoms with Crippen LogP contribution in [0.25, 0.3) is 10.9 Å². The van der Waals surface area contributed by atoms with Crippen LogP contribution in [-0.2, 0) is 4.84 Å². The van der Waals surface area contributed by atoms with E-state index in [9.17, 15) is 9.90 Å². The topological polar surface area (TPSA) is 83.5 Å². The van der Waals surface area contributed by atoms with Gasteiger partial charge in [0.1, 0.15) is 11.6 Å². The van der Waals surface area contributed by atoms with E-state index in [1.165, 1.54) is 0 Å². The van der Waals surface area contributed by atoms with Gasteiger partial charge in [0.15, 0.2) is 6.29 Å². The fraction of sp³-hybridized carbons (Fsp3) is 0.158. The Kier molecular flexibility index (Phi) is 7.35. The van der Waals surface area contributed by atoms with Crippen molar-refractivity contribution in [3.8, 4) is 5.75 Å². The number of nitrogens with zero attached hydrogens (tertiary/aromatic N) is 1. The highest BCUT2D eigenvalue weighted by Gasteiger charge is 2.09. The van der Waals surface area contributed by atoms with Crippen LogP contribution < -0.4 is 10.8 Å². The van der Waals surface area contributed by atoms with Gasteiger partial charge >= 0.3 is 0 Å². The molecule has 2 aromatic carbocycles. The van der Waals surface area contributed by atoms with E-state index < -0.39 is 0 Å². The van der Waals surface area contributed by atoms with Crippen molar-refractivity contribution in [2.24, 2.45) is 0 Å². The Balaban J connectivity index is 0.000000431. The Bertz CT molecular complexity index is 885. The number of hydroxylamine groups is 1. The molecular formula is C19H20ClN3O3. The summed E-state index contributed by atoms with van der Waals surface area (Å²) in [6, 6.07) is 13.7. The summed E-state index contributed by atoms with van der Waals surface area (Å²) in [5.41, 5.74) is 4.20. The second-order valence-electron chi connectivity index (χ2n) is 5.16. The molecule has 0 spiro atoms. The molecule has 136 valence electrons.